The Morgan fingerprint density at radius 2 is 2.50 bits per heavy atom. The van der Waals surface area contributed by atoms with E-state index in [2.05, 4.69) is 24.9 Å². The van der Waals surface area contributed by atoms with E-state index in [-0.39, 0.29) is 7.84 Å². The molecule has 0 aliphatic heterocycles. The number of allylic oxidation sites excluding steroid dienone is 1. The van der Waals surface area contributed by atoms with Crippen molar-refractivity contribution in [3.8, 4) is 0 Å². The van der Waals surface area contributed by atoms with E-state index in [0.29, 0.717) is 0 Å². The summed E-state index contributed by atoms with van der Waals surface area (Å²) in [6, 6.07) is 0. The van der Waals surface area contributed by atoms with Gasteiger partial charge in [0.25, 0.3) is 0 Å². The summed E-state index contributed by atoms with van der Waals surface area (Å²) < 4.78 is 5.10. The van der Waals surface area contributed by atoms with Crippen LogP contribution in [-0.4, -0.2) is 12.0 Å². The first-order valence-corrected chi connectivity index (χ1v) is 6.58. The zero-order valence-corrected chi connectivity index (χ0v) is 8.31. The fourth-order valence-corrected chi connectivity index (χ4v) is 0.817. The van der Waals surface area contributed by atoms with E-state index in [9.17, 15) is 0 Å². The molecule has 0 rings (SSSR count). The van der Waals surface area contributed by atoms with Gasteiger partial charge in [0.2, 0.25) is 0 Å². The molecular formula is C4H9BrOP2. The summed E-state index contributed by atoms with van der Waals surface area (Å²) in [5, 5.41) is 0.862. The molecule has 2 atom stereocenters. The van der Waals surface area contributed by atoms with Gasteiger partial charge < -0.3 is 4.52 Å². The van der Waals surface area contributed by atoms with Crippen LogP contribution in [0.3, 0.4) is 0 Å². The molecule has 0 heterocycles. The van der Waals surface area contributed by atoms with E-state index in [4.69, 9.17) is 4.52 Å². The van der Waals surface area contributed by atoms with Crippen molar-refractivity contribution in [1.82, 2.24) is 0 Å². The predicted octanol–water partition coefficient (Wildman–Crippen LogP) is 2.73. The van der Waals surface area contributed by atoms with E-state index in [1.165, 1.54) is 0 Å². The van der Waals surface area contributed by atoms with Gasteiger partial charge in [-0.2, -0.15) is 0 Å². The van der Waals surface area contributed by atoms with Crippen LogP contribution in [0.2, 0.25) is 0 Å². The smallest absolute Gasteiger partial charge is 0.0999 e. The molecule has 1 nitrogen and oxygen atoms in total. The zero-order valence-electron chi connectivity index (χ0n) is 4.67. The Hall–Kier alpha value is 0.880. The van der Waals surface area contributed by atoms with Crippen molar-refractivity contribution < 1.29 is 4.52 Å². The fourth-order valence-electron chi connectivity index (χ4n) is 0.175. The second-order valence-corrected chi connectivity index (χ2v) is 5.31. The predicted molar refractivity (Wildman–Crippen MR) is 46.6 cm³/mol. The maximum absolute atomic E-state index is 5.10. The summed E-state index contributed by atoms with van der Waals surface area (Å²) in [5.41, 5.74) is 0. The Balaban J connectivity index is 3.03. The van der Waals surface area contributed by atoms with E-state index in [0.717, 1.165) is 5.33 Å². The molecule has 0 amide bonds. The SMILES string of the molecule is CP(P)O/C=C\CBr. The minimum absolute atomic E-state index is 0.303. The Morgan fingerprint density at radius 3 is 2.88 bits per heavy atom. The highest BCUT2D eigenvalue weighted by atomic mass is 79.9. The molecule has 48 valence electrons. The summed E-state index contributed by atoms with van der Waals surface area (Å²) in [6.45, 7) is 2.03. The van der Waals surface area contributed by atoms with Gasteiger partial charge in [-0.1, -0.05) is 24.9 Å². The van der Waals surface area contributed by atoms with Gasteiger partial charge in [-0.3, -0.25) is 0 Å². The highest BCUT2D eigenvalue weighted by Gasteiger charge is 1.83. The monoisotopic (exact) mass is 214 g/mol. The van der Waals surface area contributed by atoms with Gasteiger partial charge in [0.05, 0.1) is 14.1 Å². The van der Waals surface area contributed by atoms with Crippen molar-refractivity contribution in [3.05, 3.63) is 12.3 Å². The Morgan fingerprint density at radius 1 is 1.88 bits per heavy atom. The van der Waals surface area contributed by atoms with Crippen LogP contribution >= 0.6 is 32.7 Å². The molecule has 0 fully saturated rings. The minimum Gasteiger partial charge on any atom is -0.478 e. The lowest BCUT2D eigenvalue weighted by Crippen LogP contribution is -1.63. The standard InChI is InChI=1S/C4H9BrOP2/c1-8(7)6-4-2-3-5/h2,4H,3,7H2,1H3/b4-2-. The van der Waals surface area contributed by atoms with Crippen LogP contribution in [0.4, 0.5) is 0 Å². The van der Waals surface area contributed by atoms with E-state index in [1.807, 2.05) is 12.7 Å². The molecule has 0 bridgehead atoms. The van der Waals surface area contributed by atoms with Crippen molar-refractivity contribution >= 4 is 32.7 Å². The van der Waals surface area contributed by atoms with Gasteiger partial charge in [0, 0.05) is 5.33 Å². The van der Waals surface area contributed by atoms with Crippen LogP contribution in [0, 0.1) is 0 Å². The Labute approximate surface area is 61.9 Å². The zero-order chi connectivity index (χ0) is 6.41. The van der Waals surface area contributed by atoms with E-state index < -0.39 is 0 Å². The second kappa shape index (κ2) is 6.01. The summed E-state index contributed by atoms with van der Waals surface area (Å²) in [7, 11) is 2.30. The lowest BCUT2D eigenvalue weighted by molar-refractivity contribution is 0.550. The maximum atomic E-state index is 5.10. The van der Waals surface area contributed by atoms with Crippen LogP contribution in [0.1, 0.15) is 0 Å². The van der Waals surface area contributed by atoms with Gasteiger partial charge in [0.1, 0.15) is 0 Å². The fraction of sp³-hybridized carbons (Fsp3) is 0.500. The first-order chi connectivity index (χ1) is 3.77. The Bertz CT molecular complexity index is 74.4. The highest BCUT2D eigenvalue weighted by molar-refractivity contribution is 9.09. The largest absolute Gasteiger partial charge is 0.478 e. The third kappa shape index (κ3) is 6.88. The molecular weight excluding hydrogens is 206 g/mol. The van der Waals surface area contributed by atoms with Crippen LogP contribution in [-0.2, 0) is 4.52 Å². The van der Waals surface area contributed by atoms with Crippen molar-refractivity contribution in [1.29, 1.82) is 0 Å². The van der Waals surface area contributed by atoms with Crippen molar-refractivity contribution in [2.45, 2.75) is 0 Å². The minimum atomic E-state index is -0.303. The van der Waals surface area contributed by atoms with Gasteiger partial charge in [-0.25, -0.2) is 0 Å². The summed E-state index contributed by atoms with van der Waals surface area (Å²) in [6.07, 6.45) is 3.64. The van der Waals surface area contributed by atoms with E-state index in [1.54, 1.807) is 6.26 Å². The number of rotatable bonds is 3. The number of hydrogen-bond acceptors (Lipinski definition) is 1. The quantitative estimate of drug-likeness (QED) is 0.399. The first-order valence-electron chi connectivity index (χ1n) is 2.13. The molecule has 0 saturated heterocycles. The van der Waals surface area contributed by atoms with Gasteiger partial charge in [-0.15, -0.1) is 0 Å². The highest BCUT2D eigenvalue weighted by Crippen LogP contribution is 2.41. The molecule has 0 aromatic rings. The molecule has 0 aliphatic carbocycles. The number of halogens is 1. The first kappa shape index (κ1) is 8.88. The lowest BCUT2D eigenvalue weighted by Gasteiger charge is -2.00. The molecule has 4 heteroatoms. The molecule has 8 heavy (non-hydrogen) atoms. The second-order valence-electron chi connectivity index (χ2n) is 1.18. The summed E-state index contributed by atoms with van der Waals surface area (Å²) in [5.74, 6) is 0. The topological polar surface area (TPSA) is 9.23 Å². The molecule has 2 unspecified atom stereocenters. The van der Waals surface area contributed by atoms with Gasteiger partial charge in [-0.05, 0) is 12.7 Å². The molecule has 0 spiro atoms. The number of hydrogen-bond donors (Lipinski definition) is 0. The summed E-state index contributed by atoms with van der Waals surface area (Å²) in [4.78, 5) is 0. The van der Waals surface area contributed by atoms with Crippen molar-refractivity contribution in [3.63, 3.8) is 0 Å². The van der Waals surface area contributed by atoms with Crippen LogP contribution in [0.5, 0.6) is 0 Å². The van der Waals surface area contributed by atoms with Crippen LogP contribution in [0.25, 0.3) is 0 Å². The van der Waals surface area contributed by atoms with Crippen LogP contribution in [0.15, 0.2) is 12.3 Å². The summed E-state index contributed by atoms with van der Waals surface area (Å²) >= 11 is 3.23. The average Bonchev–Trinajstić information content (AvgIpc) is 1.66. The molecule has 0 aromatic heterocycles. The van der Waals surface area contributed by atoms with Crippen LogP contribution < -0.4 is 0 Å². The lowest BCUT2D eigenvalue weighted by atomic mass is 10.7. The van der Waals surface area contributed by atoms with Gasteiger partial charge in [0.15, 0.2) is 0 Å². The normalized spacial score (nSPS) is 14.4. The van der Waals surface area contributed by atoms with Crippen molar-refractivity contribution in [2.75, 3.05) is 12.0 Å². The molecule has 0 aromatic carbocycles. The molecule has 0 saturated carbocycles. The average molecular weight is 215 g/mol. The third-order valence-corrected chi connectivity index (χ3v) is 1.61. The third-order valence-electron chi connectivity index (χ3n) is 0.412. The van der Waals surface area contributed by atoms with Crippen molar-refractivity contribution in [2.24, 2.45) is 0 Å². The molecule has 0 aliphatic rings. The maximum Gasteiger partial charge on any atom is 0.0999 e. The number of alkyl halides is 1. The molecule has 0 N–H and O–H groups in total. The molecule has 0 radical (unpaired) electrons. The van der Waals surface area contributed by atoms with E-state index >= 15 is 0 Å². The van der Waals surface area contributed by atoms with Gasteiger partial charge >= 0.3 is 0 Å². The Kier molecular flexibility index (Phi) is 6.67.